The maximum absolute atomic E-state index is 11.7. The van der Waals surface area contributed by atoms with Crippen LogP contribution >= 0.6 is 24.0 Å². The minimum Gasteiger partial charge on any atom is -0.484 e. The van der Waals surface area contributed by atoms with E-state index in [1.54, 1.807) is 0 Å². The molecule has 1 amide bonds. The molecule has 3 N–H and O–H groups in total. The van der Waals surface area contributed by atoms with Gasteiger partial charge in [-0.2, -0.15) is 0 Å². The summed E-state index contributed by atoms with van der Waals surface area (Å²) in [6, 6.07) is 8.38. The quantitative estimate of drug-likeness (QED) is 0.317. The van der Waals surface area contributed by atoms with Crippen molar-refractivity contribution in [1.29, 1.82) is 0 Å². The Hall–Kier alpha value is -1.51. The molecule has 0 aromatic heterocycles. The van der Waals surface area contributed by atoms with Crippen molar-refractivity contribution in [1.82, 2.24) is 16.0 Å². The van der Waals surface area contributed by atoms with Gasteiger partial charge in [0.05, 0.1) is 6.54 Å². The Kier molecular flexibility index (Phi) is 9.62. The third-order valence-corrected chi connectivity index (χ3v) is 3.40. The minimum absolute atomic E-state index is 0. The summed E-state index contributed by atoms with van der Waals surface area (Å²) < 4.78 is 5.56. The molecule has 0 heterocycles. The molecule has 6 nitrogen and oxygen atoms in total. The fraction of sp³-hybridized carbons (Fsp3) is 0.556. The molecule has 0 unspecified atom stereocenters. The molecule has 0 aliphatic heterocycles. The lowest BCUT2D eigenvalue weighted by molar-refractivity contribution is -0.123. The fourth-order valence-electron chi connectivity index (χ4n) is 2.14. The van der Waals surface area contributed by atoms with Gasteiger partial charge >= 0.3 is 0 Å². The number of rotatable bonds is 8. The monoisotopic (exact) mass is 460 g/mol. The van der Waals surface area contributed by atoms with Crippen LogP contribution < -0.4 is 20.7 Å². The number of hydrogen-bond acceptors (Lipinski definition) is 3. The lowest BCUT2D eigenvalue weighted by Crippen LogP contribution is -2.40. The maximum Gasteiger partial charge on any atom is 0.258 e. The zero-order chi connectivity index (χ0) is 17.4. The van der Waals surface area contributed by atoms with E-state index in [1.165, 1.54) is 0 Å². The Bertz CT molecular complexity index is 574. The van der Waals surface area contributed by atoms with E-state index >= 15 is 0 Å². The van der Waals surface area contributed by atoms with Gasteiger partial charge in [0, 0.05) is 18.6 Å². The Morgan fingerprint density at radius 3 is 2.76 bits per heavy atom. The van der Waals surface area contributed by atoms with Crippen molar-refractivity contribution < 1.29 is 9.53 Å². The molecule has 1 aromatic carbocycles. The van der Waals surface area contributed by atoms with Crippen molar-refractivity contribution in [3.8, 4) is 5.75 Å². The zero-order valence-electron chi connectivity index (χ0n) is 15.2. The summed E-state index contributed by atoms with van der Waals surface area (Å²) in [5, 5.41) is 9.41. The summed E-state index contributed by atoms with van der Waals surface area (Å²) in [6.45, 7) is 7.62. The van der Waals surface area contributed by atoms with Crippen LogP contribution in [0.25, 0.3) is 0 Å². The molecule has 0 bridgehead atoms. The van der Waals surface area contributed by atoms with E-state index in [0.29, 0.717) is 24.4 Å². The first-order valence-electron chi connectivity index (χ1n) is 8.62. The first-order valence-corrected chi connectivity index (χ1v) is 8.62. The Morgan fingerprint density at radius 2 is 2.12 bits per heavy atom. The van der Waals surface area contributed by atoms with Gasteiger partial charge < -0.3 is 20.7 Å². The van der Waals surface area contributed by atoms with Crippen molar-refractivity contribution in [3.05, 3.63) is 29.8 Å². The summed E-state index contributed by atoms with van der Waals surface area (Å²) in [5.74, 6) is 1.43. The van der Waals surface area contributed by atoms with Crippen molar-refractivity contribution in [2.45, 2.75) is 52.2 Å². The number of benzene rings is 1. The average Bonchev–Trinajstić information content (AvgIpc) is 3.35. The first kappa shape index (κ1) is 21.5. The number of carbonyl (C=O) groups excluding carboxylic acids is 1. The standard InChI is InChI=1S/C18H28N4O2.HI/c1-4-19-18(21-13(2)3)20-11-14-6-5-7-16(10-14)24-12-17(23)22-15-8-9-15;/h5-7,10,13,15H,4,8-9,11-12H2,1-3H3,(H,22,23)(H2,19,20,21);1H. The van der Waals surface area contributed by atoms with Gasteiger partial charge in [0.1, 0.15) is 5.75 Å². The zero-order valence-corrected chi connectivity index (χ0v) is 17.5. The summed E-state index contributed by atoms with van der Waals surface area (Å²) in [7, 11) is 0. The van der Waals surface area contributed by atoms with Gasteiger partial charge in [0.2, 0.25) is 0 Å². The highest BCUT2D eigenvalue weighted by Gasteiger charge is 2.23. The summed E-state index contributed by atoms with van der Waals surface area (Å²) in [5.41, 5.74) is 1.04. The highest BCUT2D eigenvalue weighted by molar-refractivity contribution is 14.0. The van der Waals surface area contributed by atoms with Gasteiger partial charge in [0.15, 0.2) is 12.6 Å². The predicted molar refractivity (Wildman–Crippen MR) is 112 cm³/mol. The van der Waals surface area contributed by atoms with Crippen LogP contribution in [0.5, 0.6) is 5.75 Å². The second-order valence-electron chi connectivity index (χ2n) is 6.27. The SMILES string of the molecule is CCNC(=NCc1cccc(OCC(=O)NC2CC2)c1)NC(C)C.I. The van der Waals surface area contributed by atoms with Crippen molar-refractivity contribution >= 4 is 35.8 Å². The second kappa shape index (κ2) is 11.2. The summed E-state index contributed by atoms with van der Waals surface area (Å²) in [4.78, 5) is 16.2. The number of halogens is 1. The van der Waals surface area contributed by atoms with Crippen molar-refractivity contribution in [3.63, 3.8) is 0 Å². The van der Waals surface area contributed by atoms with Crippen molar-refractivity contribution in [2.75, 3.05) is 13.2 Å². The number of aliphatic imine (C=N–C) groups is 1. The van der Waals surface area contributed by atoms with Crippen LogP contribution in [0, 0.1) is 0 Å². The Labute approximate surface area is 167 Å². The first-order chi connectivity index (χ1) is 11.6. The molecule has 0 spiro atoms. The third kappa shape index (κ3) is 8.94. The fourth-order valence-corrected chi connectivity index (χ4v) is 2.14. The molecule has 1 aliphatic rings. The normalized spacial score (nSPS) is 13.8. The van der Waals surface area contributed by atoms with Gasteiger partial charge in [-0.15, -0.1) is 24.0 Å². The molecular weight excluding hydrogens is 431 g/mol. The maximum atomic E-state index is 11.7. The molecule has 1 aromatic rings. The van der Waals surface area contributed by atoms with E-state index in [-0.39, 0.29) is 36.5 Å². The minimum atomic E-state index is -0.0588. The van der Waals surface area contributed by atoms with E-state index in [1.807, 2.05) is 31.2 Å². The topological polar surface area (TPSA) is 74.8 Å². The van der Waals surface area contributed by atoms with Crippen LogP contribution in [0.15, 0.2) is 29.3 Å². The highest BCUT2D eigenvalue weighted by Crippen LogP contribution is 2.18. The molecule has 1 aliphatic carbocycles. The number of carbonyl (C=O) groups is 1. The third-order valence-electron chi connectivity index (χ3n) is 3.40. The second-order valence-corrected chi connectivity index (χ2v) is 6.27. The number of nitrogens with zero attached hydrogens (tertiary/aromatic N) is 1. The molecule has 25 heavy (non-hydrogen) atoms. The van der Waals surface area contributed by atoms with Gasteiger partial charge in [-0.05, 0) is 51.3 Å². The van der Waals surface area contributed by atoms with Crippen LogP contribution in [-0.2, 0) is 11.3 Å². The van der Waals surface area contributed by atoms with Gasteiger partial charge in [-0.1, -0.05) is 12.1 Å². The van der Waals surface area contributed by atoms with Crippen LogP contribution in [-0.4, -0.2) is 37.1 Å². The Balaban J connectivity index is 0.00000312. The molecule has 0 radical (unpaired) electrons. The van der Waals surface area contributed by atoms with E-state index in [0.717, 1.165) is 30.9 Å². The summed E-state index contributed by atoms with van der Waals surface area (Å²) in [6.07, 6.45) is 2.16. The highest BCUT2D eigenvalue weighted by atomic mass is 127. The number of hydrogen-bond donors (Lipinski definition) is 3. The van der Waals surface area contributed by atoms with Gasteiger partial charge in [0.25, 0.3) is 5.91 Å². The average molecular weight is 460 g/mol. The number of amides is 1. The molecule has 1 fully saturated rings. The van der Waals surface area contributed by atoms with Crippen LogP contribution in [0.3, 0.4) is 0 Å². The van der Waals surface area contributed by atoms with E-state index in [2.05, 4.69) is 34.8 Å². The lowest BCUT2D eigenvalue weighted by Gasteiger charge is -2.14. The van der Waals surface area contributed by atoms with Crippen molar-refractivity contribution in [2.24, 2.45) is 4.99 Å². The van der Waals surface area contributed by atoms with Crippen LogP contribution in [0.2, 0.25) is 0 Å². The number of nitrogens with one attached hydrogen (secondary N) is 3. The number of ether oxygens (including phenoxy) is 1. The molecular formula is C18H29IN4O2. The molecule has 140 valence electrons. The molecule has 2 rings (SSSR count). The molecule has 1 saturated carbocycles. The van der Waals surface area contributed by atoms with E-state index < -0.39 is 0 Å². The van der Waals surface area contributed by atoms with Crippen LogP contribution in [0.1, 0.15) is 39.2 Å². The smallest absolute Gasteiger partial charge is 0.258 e. The molecule has 0 saturated heterocycles. The van der Waals surface area contributed by atoms with Gasteiger partial charge in [-0.3, -0.25) is 4.79 Å². The number of guanidine groups is 1. The lowest BCUT2D eigenvalue weighted by atomic mass is 10.2. The molecule has 0 atom stereocenters. The summed E-state index contributed by atoms with van der Waals surface area (Å²) >= 11 is 0. The van der Waals surface area contributed by atoms with Gasteiger partial charge in [-0.25, -0.2) is 4.99 Å². The van der Waals surface area contributed by atoms with Crippen LogP contribution in [0.4, 0.5) is 0 Å². The molecule has 7 heteroatoms. The van der Waals surface area contributed by atoms with E-state index in [4.69, 9.17) is 4.74 Å². The predicted octanol–water partition coefficient (Wildman–Crippen LogP) is 2.43. The van der Waals surface area contributed by atoms with E-state index in [9.17, 15) is 4.79 Å². The largest absolute Gasteiger partial charge is 0.484 e. The Morgan fingerprint density at radius 1 is 1.36 bits per heavy atom.